The van der Waals surface area contributed by atoms with Crippen molar-refractivity contribution in [3.8, 4) is 0 Å². The van der Waals surface area contributed by atoms with Crippen molar-refractivity contribution < 1.29 is 5.11 Å². The molecule has 0 bridgehead atoms. The summed E-state index contributed by atoms with van der Waals surface area (Å²) >= 11 is 0. The second kappa shape index (κ2) is 4.96. The number of aliphatic hydroxyl groups is 1. The Balaban J connectivity index is 0.000001000. The van der Waals surface area contributed by atoms with Crippen molar-refractivity contribution in [2.24, 2.45) is 5.92 Å². The average molecular weight is 180 g/mol. The Hall–Kier alpha value is 0.210. The van der Waals surface area contributed by atoms with Crippen molar-refractivity contribution in [2.45, 2.75) is 25.9 Å². The molecule has 11 heavy (non-hydrogen) atoms. The van der Waals surface area contributed by atoms with E-state index in [1.165, 1.54) is 0 Å². The molecule has 1 N–H and O–H groups in total. The summed E-state index contributed by atoms with van der Waals surface area (Å²) in [7, 11) is 2.12. The highest BCUT2D eigenvalue weighted by molar-refractivity contribution is 5.85. The predicted octanol–water partition coefficient (Wildman–Crippen LogP) is 1.13. The Kier molecular flexibility index (Phi) is 5.06. The lowest BCUT2D eigenvalue weighted by Gasteiger charge is -2.12. The van der Waals surface area contributed by atoms with Crippen molar-refractivity contribution in [1.29, 1.82) is 0 Å². The van der Waals surface area contributed by atoms with Gasteiger partial charge in [-0.1, -0.05) is 6.92 Å². The van der Waals surface area contributed by atoms with E-state index in [-0.39, 0.29) is 18.5 Å². The van der Waals surface area contributed by atoms with Gasteiger partial charge in [0.2, 0.25) is 0 Å². The van der Waals surface area contributed by atoms with E-state index < -0.39 is 0 Å². The third kappa shape index (κ3) is 3.41. The maximum absolute atomic E-state index is 9.45. The lowest BCUT2D eigenvalue weighted by atomic mass is 10.0. The summed E-state index contributed by atoms with van der Waals surface area (Å²) in [5.74, 6) is 0.491. The maximum Gasteiger partial charge on any atom is 0.0578 e. The molecule has 1 aliphatic heterocycles. The standard InChI is InChI=1S/C8H17NO.ClH/c1-7-3-5-9(2)6-4-8(7)10;/h7-8,10H,3-6H2,1-2H3;1H. The quantitative estimate of drug-likeness (QED) is 0.603. The molecule has 2 unspecified atom stereocenters. The highest BCUT2D eigenvalue weighted by atomic mass is 35.5. The summed E-state index contributed by atoms with van der Waals surface area (Å²) in [5.41, 5.74) is 0. The van der Waals surface area contributed by atoms with E-state index >= 15 is 0 Å². The fraction of sp³-hybridized carbons (Fsp3) is 1.00. The van der Waals surface area contributed by atoms with Gasteiger partial charge in [-0.2, -0.15) is 0 Å². The third-order valence-electron chi connectivity index (χ3n) is 2.43. The third-order valence-corrected chi connectivity index (χ3v) is 2.43. The van der Waals surface area contributed by atoms with E-state index in [4.69, 9.17) is 0 Å². The zero-order chi connectivity index (χ0) is 7.56. The molecule has 3 heteroatoms. The molecule has 68 valence electrons. The predicted molar refractivity (Wildman–Crippen MR) is 49.1 cm³/mol. The van der Waals surface area contributed by atoms with Crippen molar-refractivity contribution in [3.05, 3.63) is 0 Å². The van der Waals surface area contributed by atoms with E-state index in [2.05, 4.69) is 18.9 Å². The number of rotatable bonds is 0. The molecule has 0 aliphatic carbocycles. The normalized spacial score (nSPS) is 34.1. The van der Waals surface area contributed by atoms with Crippen LogP contribution in [-0.4, -0.2) is 36.2 Å². The molecule has 0 spiro atoms. The topological polar surface area (TPSA) is 23.5 Å². The lowest BCUT2D eigenvalue weighted by Crippen LogP contribution is -2.19. The fourth-order valence-electron chi connectivity index (χ4n) is 1.37. The Labute approximate surface area is 75.0 Å². The molecule has 0 amide bonds. The minimum absolute atomic E-state index is 0. The van der Waals surface area contributed by atoms with E-state index in [1.807, 2.05) is 0 Å². The SMILES string of the molecule is CC1CCN(C)CCC1O.Cl. The van der Waals surface area contributed by atoms with Crippen LogP contribution in [0, 0.1) is 5.92 Å². The van der Waals surface area contributed by atoms with E-state index in [1.54, 1.807) is 0 Å². The van der Waals surface area contributed by atoms with Gasteiger partial charge in [0.05, 0.1) is 6.10 Å². The number of hydrogen-bond donors (Lipinski definition) is 1. The zero-order valence-electron chi connectivity index (χ0n) is 7.29. The Morgan fingerprint density at radius 3 is 2.45 bits per heavy atom. The van der Waals surface area contributed by atoms with Crippen LogP contribution in [-0.2, 0) is 0 Å². The molecule has 2 nitrogen and oxygen atoms in total. The largest absolute Gasteiger partial charge is 0.393 e. The second-order valence-corrected chi connectivity index (χ2v) is 3.43. The lowest BCUT2D eigenvalue weighted by molar-refractivity contribution is 0.113. The van der Waals surface area contributed by atoms with Gasteiger partial charge in [0, 0.05) is 6.54 Å². The van der Waals surface area contributed by atoms with E-state index in [0.717, 1.165) is 25.9 Å². The zero-order valence-corrected chi connectivity index (χ0v) is 8.10. The van der Waals surface area contributed by atoms with Crippen LogP contribution >= 0.6 is 12.4 Å². The smallest absolute Gasteiger partial charge is 0.0578 e. The Morgan fingerprint density at radius 1 is 1.27 bits per heavy atom. The van der Waals surface area contributed by atoms with E-state index in [9.17, 15) is 5.11 Å². The first-order chi connectivity index (χ1) is 4.70. The molecule has 0 saturated carbocycles. The molecule has 1 rings (SSSR count). The molecular weight excluding hydrogens is 162 g/mol. The van der Waals surface area contributed by atoms with Gasteiger partial charge in [-0.3, -0.25) is 0 Å². The summed E-state index contributed by atoms with van der Waals surface area (Å²) in [4.78, 5) is 2.28. The van der Waals surface area contributed by atoms with Gasteiger partial charge in [0.15, 0.2) is 0 Å². The first kappa shape index (κ1) is 11.2. The molecule has 0 aromatic carbocycles. The fourth-order valence-corrected chi connectivity index (χ4v) is 1.37. The van der Waals surface area contributed by atoms with Gasteiger partial charge >= 0.3 is 0 Å². The minimum Gasteiger partial charge on any atom is -0.393 e. The van der Waals surface area contributed by atoms with Gasteiger partial charge < -0.3 is 10.0 Å². The first-order valence-corrected chi connectivity index (χ1v) is 4.07. The van der Waals surface area contributed by atoms with Crippen LogP contribution in [0.3, 0.4) is 0 Å². The number of hydrogen-bond acceptors (Lipinski definition) is 2. The van der Waals surface area contributed by atoms with Crippen LogP contribution in [0.25, 0.3) is 0 Å². The van der Waals surface area contributed by atoms with Gasteiger partial charge in [-0.25, -0.2) is 0 Å². The van der Waals surface area contributed by atoms with Crippen molar-refractivity contribution in [2.75, 3.05) is 20.1 Å². The van der Waals surface area contributed by atoms with Crippen molar-refractivity contribution >= 4 is 12.4 Å². The average Bonchev–Trinajstić information content (AvgIpc) is 2.04. The van der Waals surface area contributed by atoms with Crippen LogP contribution in [0.2, 0.25) is 0 Å². The van der Waals surface area contributed by atoms with Gasteiger partial charge in [-0.15, -0.1) is 12.4 Å². The highest BCUT2D eigenvalue weighted by Gasteiger charge is 2.18. The number of halogens is 1. The Morgan fingerprint density at radius 2 is 1.82 bits per heavy atom. The minimum atomic E-state index is -0.0649. The summed E-state index contributed by atoms with van der Waals surface area (Å²) in [6.45, 7) is 4.31. The maximum atomic E-state index is 9.45. The molecule has 0 aromatic rings. The molecule has 0 aromatic heterocycles. The highest BCUT2D eigenvalue weighted by Crippen LogP contribution is 2.15. The molecule has 0 radical (unpaired) electrons. The summed E-state index contributed by atoms with van der Waals surface area (Å²) in [6, 6.07) is 0. The van der Waals surface area contributed by atoms with E-state index in [0.29, 0.717) is 5.92 Å². The summed E-state index contributed by atoms with van der Waals surface area (Å²) in [6.07, 6.45) is 2.01. The number of nitrogens with zero attached hydrogens (tertiary/aromatic N) is 1. The van der Waals surface area contributed by atoms with Crippen LogP contribution in [0.4, 0.5) is 0 Å². The molecule has 1 aliphatic rings. The molecular formula is C8H18ClNO. The van der Waals surface area contributed by atoms with Crippen molar-refractivity contribution in [1.82, 2.24) is 4.90 Å². The first-order valence-electron chi connectivity index (χ1n) is 4.07. The molecule has 2 atom stereocenters. The van der Waals surface area contributed by atoms with Crippen LogP contribution < -0.4 is 0 Å². The van der Waals surface area contributed by atoms with Crippen molar-refractivity contribution in [3.63, 3.8) is 0 Å². The molecule has 1 saturated heterocycles. The van der Waals surface area contributed by atoms with Crippen LogP contribution in [0.5, 0.6) is 0 Å². The Bertz CT molecular complexity index is 98.3. The number of aliphatic hydroxyl groups excluding tert-OH is 1. The molecule has 1 heterocycles. The number of likely N-dealkylation sites (tertiary alicyclic amines) is 1. The van der Waals surface area contributed by atoms with Gasteiger partial charge in [0.25, 0.3) is 0 Å². The molecule has 1 fully saturated rings. The van der Waals surface area contributed by atoms with Crippen LogP contribution in [0.1, 0.15) is 19.8 Å². The van der Waals surface area contributed by atoms with Crippen LogP contribution in [0.15, 0.2) is 0 Å². The second-order valence-electron chi connectivity index (χ2n) is 3.43. The summed E-state index contributed by atoms with van der Waals surface area (Å²) in [5, 5.41) is 9.45. The van der Waals surface area contributed by atoms with Gasteiger partial charge in [-0.05, 0) is 32.4 Å². The monoisotopic (exact) mass is 179 g/mol. The van der Waals surface area contributed by atoms with Gasteiger partial charge in [0.1, 0.15) is 0 Å². The summed E-state index contributed by atoms with van der Waals surface area (Å²) < 4.78 is 0.